The van der Waals surface area contributed by atoms with E-state index in [-0.39, 0.29) is 5.91 Å². The maximum Gasteiger partial charge on any atom is 0.271 e. The van der Waals surface area contributed by atoms with E-state index >= 15 is 0 Å². The SMILES string of the molecule is Cc1ccc(-n2nc(C(=O)NCCCN(C)C)cc2C)cc1C. The Morgan fingerprint density at radius 2 is 1.91 bits per heavy atom. The van der Waals surface area contributed by atoms with Crippen molar-refractivity contribution in [3.05, 3.63) is 46.8 Å². The van der Waals surface area contributed by atoms with E-state index in [2.05, 4.69) is 41.3 Å². The Morgan fingerprint density at radius 3 is 2.57 bits per heavy atom. The molecule has 1 aromatic carbocycles. The predicted octanol–water partition coefficient (Wildman–Crippen LogP) is 2.48. The highest BCUT2D eigenvalue weighted by atomic mass is 16.1. The molecule has 0 aliphatic rings. The van der Waals surface area contributed by atoms with Crippen LogP contribution in [0.3, 0.4) is 0 Å². The topological polar surface area (TPSA) is 50.2 Å². The van der Waals surface area contributed by atoms with E-state index in [0.29, 0.717) is 12.2 Å². The van der Waals surface area contributed by atoms with Gasteiger partial charge in [-0.15, -0.1) is 0 Å². The summed E-state index contributed by atoms with van der Waals surface area (Å²) in [5.41, 5.74) is 4.86. The lowest BCUT2D eigenvalue weighted by atomic mass is 10.1. The van der Waals surface area contributed by atoms with Crippen molar-refractivity contribution in [1.82, 2.24) is 20.0 Å². The Labute approximate surface area is 138 Å². The summed E-state index contributed by atoms with van der Waals surface area (Å²) in [5.74, 6) is -0.116. The van der Waals surface area contributed by atoms with Gasteiger partial charge in [-0.25, -0.2) is 4.68 Å². The number of carbonyl (C=O) groups is 1. The largest absolute Gasteiger partial charge is 0.351 e. The minimum atomic E-state index is -0.116. The van der Waals surface area contributed by atoms with Gasteiger partial charge in [0.05, 0.1) is 5.69 Å². The first-order valence-electron chi connectivity index (χ1n) is 7.95. The van der Waals surface area contributed by atoms with E-state index in [1.54, 1.807) is 0 Å². The van der Waals surface area contributed by atoms with Gasteiger partial charge in [0.1, 0.15) is 0 Å². The molecule has 124 valence electrons. The summed E-state index contributed by atoms with van der Waals surface area (Å²) >= 11 is 0. The van der Waals surface area contributed by atoms with Gasteiger partial charge in [0.2, 0.25) is 0 Å². The Morgan fingerprint density at radius 1 is 1.17 bits per heavy atom. The van der Waals surface area contributed by atoms with Gasteiger partial charge in [0, 0.05) is 12.2 Å². The molecule has 0 saturated carbocycles. The van der Waals surface area contributed by atoms with Gasteiger partial charge in [0.25, 0.3) is 5.91 Å². The number of amides is 1. The fraction of sp³-hybridized carbons (Fsp3) is 0.444. The van der Waals surface area contributed by atoms with Crippen molar-refractivity contribution in [2.45, 2.75) is 27.2 Å². The Kier molecular flexibility index (Phi) is 5.55. The van der Waals surface area contributed by atoms with Gasteiger partial charge in [-0.2, -0.15) is 5.10 Å². The highest BCUT2D eigenvalue weighted by Gasteiger charge is 2.13. The first kappa shape index (κ1) is 17.2. The fourth-order valence-corrected chi connectivity index (χ4v) is 2.39. The molecule has 0 unspecified atom stereocenters. The minimum absolute atomic E-state index is 0.116. The van der Waals surface area contributed by atoms with E-state index in [0.717, 1.165) is 24.3 Å². The average Bonchev–Trinajstić information content (AvgIpc) is 2.88. The Bertz CT molecular complexity index is 688. The number of aromatic nitrogens is 2. The van der Waals surface area contributed by atoms with E-state index in [9.17, 15) is 4.79 Å². The van der Waals surface area contributed by atoms with E-state index in [1.807, 2.05) is 37.8 Å². The molecule has 1 aromatic heterocycles. The number of aryl methyl sites for hydroxylation is 3. The normalized spacial score (nSPS) is 11.0. The quantitative estimate of drug-likeness (QED) is 0.833. The van der Waals surface area contributed by atoms with Crippen LogP contribution in [-0.2, 0) is 0 Å². The molecule has 0 bridgehead atoms. The summed E-state index contributed by atoms with van der Waals surface area (Å²) < 4.78 is 1.82. The first-order chi connectivity index (χ1) is 10.9. The molecular formula is C18H26N4O. The molecule has 5 nitrogen and oxygen atoms in total. The van der Waals surface area contributed by atoms with Crippen LogP contribution in [0.2, 0.25) is 0 Å². The number of nitrogens with one attached hydrogen (secondary N) is 1. The molecule has 0 aliphatic heterocycles. The molecule has 2 rings (SSSR count). The van der Waals surface area contributed by atoms with Crippen LogP contribution in [0.5, 0.6) is 0 Å². The summed E-state index contributed by atoms with van der Waals surface area (Å²) in [6.45, 7) is 7.74. The smallest absolute Gasteiger partial charge is 0.271 e. The molecule has 0 aliphatic carbocycles. The number of benzene rings is 1. The summed E-state index contributed by atoms with van der Waals surface area (Å²) in [6.07, 6.45) is 0.926. The van der Waals surface area contributed by atoms with Crippen molar-refractivity contribution in [1.29, 1.82) is 0 Å². The summed E-state index contributed by atoms with van der Waals surface area (Å²) in [4.78, 5) is 14.3. The van der Waals surface area contributed by atoms with Crippen molar-refractivity contribution in [3.63, 3.8) is 0 Å². The second-order valence-electron chi connectivity index (χ2n) is 6.26. The zero-order chi connectivity index (χ0) is 17.0. The van der Waals surface area contributed by atoms with Gasteiger partial charge < -0.3 is 10.2 Å². The number of hydrogen-bond acceptors (Lipinski definition) is 3. The second kappa shape index (κ2) is 7.42. The fourth-order valence-electron chi connectivity index (χ4n) is 2.39. The Balaban J connectivity index is 2.08. The lowest BCUT2D eigenvalue weighted by molar-refractivity contribution is 0.0947. The molecular weight excluding hydrogens is 288 g/mol. The van der Waals surface area contributed by atoms with E-state index in [1.165, 1.54) is 11.1 Å². The zero-order valence-corrected chi connectivity index (χ0v) is 14.7. The zero-order valence-electron chi connectivity index (χ0n) is 14.7. The second-order valence-corrected chi connectivity index (χ2v) is 6.26. The molecule has 0 spiro atoms. The van der Waals surface area contributed by atoms with Gasteiger partial charge in [-0.05, 0) is 77.2 Å². The molecule has 2 aromatic rings. The maximum absolute atomic E-state index is 12.2. The van der Waals surface area contributed by atoms with E-state index in [4.69, 9.17) is 0 Å². The molecule has 0 atom stereocenters. The highest BCUT2D eigenvalue weighted by Crippen LogP contribution is 2.16. The monoisotopic (exact) mass is 314 g/mol. The van der Waals surface area contributed by atoms with Crippen LogP contribution in [0.25, 0.3) is 5.69 Å². The van der Waals surface area contributed by atoms with Crippen LogP contribution in [-0.4, -0.2) is 47.8 Å². The molecule has 1 amide bonds. The van der Waals surface area contributed by atoms with Crippen molar-refractivity contribution in [3.8, 4) is 5.69 Å². The molecule has 0 fully saturated rings. The van der Waals surface area contributed by atoms with Gasteiger partial charge in [-0.3, -0.25) is 4.79 Å². The number of hydrogen-bond donors (Lipinski definition) is 1. The molecule has 1 heterocycles. The van der Waals surface area contributed by atoms with Crippen LogP contribution in [0, 0.1) is 20.8 Å². The summed E-state index contributed by atoms with van der Waals surface area (Å²) in [6, 6.07) is 8.03. The third kappa shape index (κ3) is 4.42. The number of nitrogens with zero attached hydrogens (tertiary/aromatic N) is 3. The lowest BCUT2D eigenvalue weighted by Crippen LogP contribution is -2.27. The first-order valence-corrected chi connectivity index (χ1v) is 7.95. The molecule has 5 heteroatoms. The number of rotatable bonds is 6. The number of carbonyl (C=O) groups excluding carboxylic acids is 1. The van der Waals surface area contributed by atoms with Crippen molar-refractivity contribution in [2.75, 3.05) is 27.2 Å². The molecule has 23 heavy (non-hydrogen) atoms. The molecule has 0 saturated heterocycles. The minimum Gasteiger partial charge on any atom is -0.351 e. The molecule has 1 N–H and O–H groups in total. The van der Waals surface area contributed by atoms with Crippen molar-refractivity contribution >= 4 is 5.91 Å². The van der Waals surface area contributed by atoms with Crippen molar-refractivity contribution in [2.24, 2.45) is 0 Å². The van der Waals surface area contributed by atoms with Crippen LogP contribution in [0.1, 0.15) is 33.7 Å². The van der Waals surface area contributed by atoms with Gasteiger partial charge in [0.15, 0.2) is 5.69 Å². The highest BCUT2D eigenvalue weighted by molar-refractivity contribution is 5.92. The van der Waals surface area contributed by atoms with Crippen LogP contribution >= 0.6 is 0 Å². The van der Waals surface area contributed by atoms with Crippen molar-refractivity contribution < 1.29 is 4.79 Å². The van der Waals surface area contributed by atoms with Crippen LogP contribution in [0.4, 0.5) is 0 Å². The maximum atomic E-state index is 12.2. The summed E-state index contributed by atoms with van der Waals surface area (Å²) in [7, 11) is 4.05. The standard InChI is InChI=1S/C18H26N4O/c1-13-7-8-16(11-14(13)2)22-15(3)12-17(20-22)18(23)19-9-6-10-21(4)5/h7-8,11-12H,6,9-10H2,1-5H3,(H,19,23). The van der Waals surface area contributed by atoms with Crippen LogP contribution < -0.4 is 5.32 Å². The van der Waals surface area contributed by atoms with Crippen LogP contribution in [0.15, 0.2) is 24.3 Å². The van der Waals surface area contributed by atoms with Gasteiger partial charge >= 0.3 is 0 Å². The Hall–Kier alpha value is -2.14. The van der Waals surface area contributed by atoms with Gasteiger partial charge in [-0.1, -0.05) is 6.07 Å². The third-order valence-electron chi connectivity index (χ3n) is 3.92. The average molecular weight is 314 g/mol. The molecule has 0 radical (unpaired) electrons. The lowest BCUT2D eigenvalue weighted by Gasteiger charge is -2.09. The predicted molar refractivity (Wildman–Crippen MR) is 93.3 cm³/mol. The summed E-state index contributed by atoms with van der Waals surface area (Å²) in [5, 5.41) is 7.38. The third-order valence-corrected chi connectivity index (χ3v) is 3.92. The van der Waals surface area contributed by atoms with E-state index < -0.39 is 0 Å².